The van der Waals surface area contributed by atoms with Gasteiger partial charge in [0.1, 0.15) is 5.01 Å². The molecule has 19 heavy (non-hydrogen) atoms. The number of hydrogen-bond acceptors (Lipinski definition) is 4. The molecule has 106 valence electrons. The third-order valence-corrected chi connectivity index (χ3v) is 5.50. The van der Waals surface area contributed by atoms with Gasteiger partial charge in [0.15, 0.2) is 0 Å². The van der Waals surface area contributed by atoms with Crippen molar-refractivity contribution in [3.8, 4) is 0 Å². The third-order valence-electron chi connectivity index (χ3n) is 4.60. The van der Waals surface area contributed by atoms with Crippen molar-refractivity contribution in [3.05, 3.63) is 16.1 Å². The van der Waals surface area contributed by atoms with Gasteiger partial charge in [0.05, 0.1) is 5.69 Å². The summed E-state index contributed by atoms with van der Waals surface area (Å²) >= 11 is 1.80. The summed E-state index contributed by atoms with van der Waals surface area (Å²) in [6, 6.07) is 0.854. The SMILES string of the molecule is CCNCc1nc(CN2CCCC3CCCC32)cs1. The summed E-state index contributed by atoms with van der Waals surface area (Å²) in [7, 11) is 0. The molecule has 4 heteroatoms. The molecule has 3 rings (SSSR count). The predicted octanol–water partition coefficient (Wildman–Crippen LogP) is 3.02. The number of nitrogens with one attached hydrogen (secondary N) is 1. The normalized spacial score (nSPS) is 27.6. The van der Waals surface area contributed by atoms with Gasteiger partial charge in [-0.05, 0) is 44.7 Å². The van der Waals surface area contributed by atoms with Crippen LogP contribution in [0.2, 0.25) is 0 Å². The molecular weight excluding hydrogens is 254 g/mol. The van der Waals surface area contributed by atoms with E-state index in [0.29, 0.717) is 0 Å². The van der Waals surface area contributed by atoms with Gasteiger partial charge in [-0.3, -0.25) is 4.90 Å². The molecule has 1 saturated heterocycles. The summed E-state index contributed by atoms with van der Waals surface area (Å²) in [5.74, 6) is 0.980. The van der Waals surface area contributed by atoms with E-state index in [4.69, 9.17) is 4.98 Å². The van der Waals surface area contributed by atoms with Crippen molar-refractivity contribution in [2.45, 2.75) is 58.2 Å². The number of hydrogen-bond donors (Lipinski definition) is 1. The Morgan fingerprint density at radius 3 is 3.16 bits per heavy atom. The number of likely N-dealkylation sites (tertiary alicyclic amines) is 1. The maximum atomic E-state index is 4.77. The van der Waals surface area contributed by atoms with E-state index in [1.165, 1.54) is 49.4 Å². The second kappa shape index (κ2) is 6.33. The Hall–Kier alpha value is -0.450. The van der Waals surface area contributed by atoms with E-state index in [0.717, 1.165) is 31.6 Å². The fraction of sp³-hybridized carbons (Fsp3) is 0.800. The van der Waals surface area contributed by atoms with Crippen LogP contribution >= 0.6 is 11.3 Å². The van der Waals surface area contributed by atoms with Gasteiger partial charge < -0.3 is 5.32 Å². The minimum atomic E-state index is 0.854. The molecule has 1 aromatic rings. The molecule has 1 aliphatic carbocycles. The van der Waals surface area contributed by atoms with Gasteiger partial charge in [0.25, 0.3) is 0 Å². The maximum Gasteiger partial charge on any atom is 0.107 e. The molecule has 2 fully saturated rings. The molecule has 0 bridgehead atoms. The average Bonchev–Trinajstić information content (AvgIpc) is 3.05. The Labute approximate surface area is 120 Å². The van der Waals surface area contributed by atoms with Gasteiger partial charge in [0, 0.05) is 24.5 Å². The molecule has 0 amide bonds. The highest BCUT2D eigenvalue weighted by molar-refractivity contribution is 7.09. The molecule has 0 aromatic carbocycles. The topological polar surface area (TPSA) is 28.2 Å². The van der Waals surface area contributed by atoms with E-state index < -0.39 is 0 Å². The maximum absolute atomic E-state index is 4.77. The molecule has 2 aliphatic rings. The first-order valence-electron chi connectivity index (χ1n) is 7.75. The number of nitrogens with zero attached hydrogens (tertiary/aromatic N) is 2. The predicted molar refractivity (Wildman–Crippen MR) is 80.3 cm³/mol. The van der Waals surface area contributed by atoms with Crippen LogP contribution in [0.3, 0.4) is 0 Å². The van der Waals surface area contributed by atoms with Crippen LogP contribution in [-0.4, -0.2) is 29.0 Å². The van der Waals surface area contributed by atoms with Gasteiger partial charge in [-0.25, -0.2) is 4.98 Å². The highest BCUT2D eigenvalue weighted by Gasteiger charge is 2.34. The molecule has 1 N–H and O–H groups in total. The van der Waals surface area contributed by atoms with E-state index in [2.05, 4.69) is 22.5 Å². The zero-order chi connectivity index (χ0) is 13.1. The Bertz CT molecular complexity index is 404. The molecule has 0 radical (unpaired) electrons. The first-order valence-corrected chi connectivity index (χ1v) is 8.63. The number of thiazole rings is 1. The van der Waals surface area contributed by atoms with Crippen molar-refractivity contribution < 1.29 is 0 Å². The van der Waals surface area contributed by atoms with E-state index in [-0.39, 0.29) is 0 Å². The Kier molecular flexibility index (Phi) is 4.51. The molecule has 1 aliphatic heterocycles. The first-order chi connectivity index (χ1) is 9.36. The van der Waals surface area contributed by atoms with Crippen LogP contribution in [0, 0.1) is 5.92 Å². The molecular formula is C15H25N3S. The van der Waals surface area contributed by atoms with Crippen molar-refractivity contribution in [2.75, 3.05) is 13.1 Å². The minimum Gasteiger partial charge on any atom is -0.311 e. The lowest BCUT2D eigenvalue weighted by molar-refractivity contribution is 0.104. The van der Waals surface area contributed by atoms with Crippen LogP contribution in [0.4, 0.5) is 0 Å². The largest absolute Gasteiger partial charge is 0.311 e. The summed E-state index contributed by atoms with van der Waals surface area (Å²) in [6.07, 6.45) is 7.16. The lowest BCUT2D eigenvalue weighted by Crippen LogP contribution is -2.41. The van der Waals surface area contributed by atoms with Crippen molar-refractivity contribution in [2.24, 2.45) is 5.92 Å². The Balaban J connectivity index is 1.59. The second-order valence-electron chi connectivity index (χ2n) is 5.88. The Morgan fingerprint density at radius 2 is 2.26 bits per heavy atom. The van der Waals surface area contributed by atoms with Crippen LogP contribution in [-0.2, 0) is 13.1 Å². The summed E-state index contributed by atoms with van der Waals surface area (Å²) in [5.41, 5.74) is 1.28. The number of piperidine rings is 1. The molecule has 1 aromatic heterocycles. The van der Waals surface area contributed by atoms with Crippen LogP contribution in [0.1, 0.15) is 49.7 Å². The third kappa shape index (κ3) is 3.18. The van der Waals surface area contributed by atoms with E-state index in [1.54, 1.807) is 11.3 Å². The van der Waals surface area contributed by atoms with E-state index in [9.17, 15) is 0 Å². The van der Waals surface area contributed by atoms with Crippen molar-refractivity contribution in [3.63, 3.8) is 0 Å². The summed E-state index contributed by atoms with van der Waals surface area (Å²) in [6.45, 7) is 6.44. The van der Waals surface area contributed by atoms with Gasteiger partial charge in [-0.15, -0.1) is 11.3 Å². The lowest BCUT2D eigenvalue weighted by atomic mass is 9.92. The smallest absolute Gasteiger partial charge is 0.107 e. The van der Waals surface area contributed by atoms with Crippen LogP contribution in [0.5, 0.6) is 0 Å². The lowest BCUT2D eigenvalue weighted by Gasteiger charge is -2.37. The number of aromatic nitrogens is 1. The fourth-order valence-electron chi connectivity index (χ4n) is 3.70. The number of rotatable bonds is 5. The highest BCUT2D eigenvalue weighted by Crippen LogP contribution is 2.37. The summed E-state index contributed by atoms with van der Waals surface area (Å²) in [5, 5.41) is 6.84. The van der Waals surface area contributed by atoms with Crippen molar-refractivity contribution in [1.82, 2.24) is 15.2 Å². The van der Waals surface area contributed by atoms with E-state index in [1.807, 2.05) is 0 Å². The zero-order valence-electron chi connectivity index (χ0n) is 11.9. The van der Waals surface area contributed by atoms with Crippen LogP contribution in [0.25, 0.3) is 0 Å². The summed E-state index contributed by atoms with van der Waals surface area (Å²) in [4.78, 5) is 7.47. The molecule has 0 spiro atoms. The Morgan fingerprint density at radius 1 is 1.37 bits per heavy atom. The van der Waals surface area contributed by atoms with Crippen LogP contribution in [0.15, 0.2) is 5.38 Å². The molecule has 1 saturated carbocycles. The van der Waals surface area contributed by atoms with Gasteiger partial charge in [-0.2, -0.15) is 0 Å². The average molecular weight is 279 g/mol. The van der Waals surface area contributed by atoms with Gasteiger partial charge >= 0.3 is 0 Å². The standard InChI is InChI=1S/C15H25N3S/c1-2-16-9-15-17-13(11-19-15)10-18-8-4-6-12-5-3-7-14(12)18/h11-12,14,16H,2-10H2,1H3. The van der Waals surface area contributed by atoms with Crippen molar-refractivity contribution in [1.29, 1.82) is 0 Å². The quantitative estimate of drug-likeness (QED) is 0.898. The molecule has 2 unspecified atom stereocenters. The number of fused-ring (bicyclic) bond motifs is 1. The van der Waals surface area contributed by atoms with Crippen molar-refractivity contribution >= 4 is 11.3 Å². The first kappa shape index (κ1) is 13.5. The molecule has 2 atom stereocenters. The second-order valence-corrected chi connectivity index (χ2v) is 6.83. The van der Waals surface area contributed by atoms with Gasteiger partial charge in [-0.1, -0.05) is 13.3 Å². The minimum absolute atomic E-state index is 0.854. The van der Waals surface area contributed by atoms with Gasteiger partial charge in [0.2, 0.25) is 0 Å². The van der Waals surface area contributed by atoms with Crippen LogP contribution < -0.4 is 5.32 Å². The monoisotopic (exact) mass is 279 g/mol. The van der Waals surface area contributed by atoms with E-state index >= 15 is 0 Å². The highest BCUT2D eigenvalue weighted by atomic mass is 32.1. The zero-order valence-corrected chi connectivity index (χ0v) is 12.7. The summed E-state index contributed by atoms with van der Waals surface area (Å²) < 4.78 is 0. The molecule has 3 nitrogen and oxygen atoms in total. The molecule has 2 heterocycles. The fourth-order valence-corrected chi connectivity index (χ4v) is 4.45.